The fraction of sp³-hybridized carbons (Fsp3) is 0.486. The summed E-state index contributed by atoms with van der Waals surface area (Å²) in [4.78, 5) is 14.1. The topological polar surface area (TPSA) is 71.0 Å². The Morgan fingerprint density at radius 2 is 1.67 bits per heavy atom. The maximum atomic E-state index is 11.4. The fourth-order valence-corrected chi connectivity index (χ4v) is 8.00. The quantitative estimate of drug-likeness (QED) is 0.302. The lowest BCUT2D eigenvalue weighted by molar-refractivity contribution is -0.253. The van der Waals surface area contributed by atoms with Crippen molar-refractivity contribution >= 4 is 5.91 Å². The predicted octanol–water partition coefficient (Wildman–Crippen LogP) is 6.93. The molecular weight excluding hydrogens is 536 g/mol. The van der Waals surface area contributed by atoms with Crippen molar-refractivity contribution in [3.63, 3.8) is 0 Å². The molecule has 3 fully saturated rings. The zero-order valence-corrected chi connectivity index (χ0v) is 26.0. The van der Waals surface area contributed by atoms with Gasteiger partial charge >= 0.3 is 0 Å². The van der Waals surface area contributed by atoms with Gasteiger partial charge in [0.05, 0.1) is 18.8 Å². The van der Waals surface area contributed by atoms with Crippen molar-refractivity contribution in [3.05, 3.63) is 95.1 Å². The summed E-state index contributed by atoms with van der Waals surface area (Å²) in [5.74, 6) is -0.0333. The third-order valence-corrected chi connectivity index (χ3v) is 9.56. The molecule has 3 aromatic rings. The van der Waals surface area contributed by atoms with E-state index < -0.39 is 6.29 Å². The molecule has 2 heterocycles. The van der Waals surface area contributed by atoms with Crippen molar-refractivity contribution in [2.75, 3.05) is 13.1 Å². The van der Waals surface area contributed by atoms with Gasteiger partial charge in [-0.05, 0) is 64.0 Å². The molecule has 43 heavy (non-hydrogen) atoms. The molecule has 2 aliphatic heterocycles. The van der Waals surface area contributed by atoms with Crippen LogP contribution in [0.5, 0.6) is 0 Å². The van der Waals surface area contributed by atoms with E-state index in [0.29, 0.717) is 23.4 Å². The minimum atomic E-state index is -0.463. The lowest BCUT2D eigenvalue weighted by atomic mass is 9.65. The highest BCUT2D eigenvalue weighted by atomic mass is 16.7. The lowest BCUT2D eigenvalue weighted by Crippen LogP contribution is -2.42. The van der Waals surface area contributed by atoms with E-state index in [0.717, 1.165) is 52.9 Å². The molecule has 1 amide bonds. The number of carbonyl (C=O) groups excluding carboxylic acids is 1. The van der Waals surface area contributed by atoms with Crippen molar-refractivity contribution in [1.29, 1.82) is 0 Å². The summed E-state index contributed by atoms with van der Waals surface area (Å²) in [6.07, 6.45) is 4.12. The van der Waals surface area contributed by atoms with Crippen LogP contribution in [0, 0.1) is 10.8 Å². The number of nitrogens with zero attached hydrogens (tertiary/aromatic N) is 1. The Morgan fingerprint density at radius 3 is 2.40 bits per heavy atom. The molecule has 0 aromatic heterocycles. The van der Waals surface area contributed by atoms with Crippen LogP contribution in [0.15, 0.2) is 72.8 Å². The minimum Gasteiger partial charge on any atom is -0.392 e. The molecule has 6 nitrogen and oxygen atoms in total. The summed E-state index contributed by atoms with van der Waals surface area (Å²) >= 11 is 0. The summed E-state index contributed by atoms with van der Waals surface area (Å²) in [5, 5.41) is 12.4. The second-order valence-corrected chi connectivity index (χ2v) is 14.2. The van der Waals surface area contributed by atoms with E-state index in [2.05, 4.69) is 79.5 Å². The predicted molar refractivity (Wildman–Crippen MR) is 169 cm³/mol. The van der Waals surface area contributed by atoms with Crippen LogP contribution in [-0.4, -0.2) is 41.1 Å². The standard InChI is InChI=1S/C37H46N2O4/c1-25(41)38-20-27-6-5-7-31(16-27)28-12-14-30(15-13-28)35-42-33(17-34(43-35)29-10-8-26(22-40)9-11-29)21-39-24-37(4)19-32(39)18-36(2,3)23-37/h5-16,32-35,40H,17-24H2,1-4H3,(H,38,41)/t32?,33-,34+,35+,37?/m1/s1. The van der Waals surface area contributed by atoms with Crippen LogP contribution in [0.2, 0.25) is 0 Å². The van der Waals surface area contributed by atoms with E-state index in [1.165, 1.54) is 26.2 Å². The van der Waals surface area contributed by atoms with Crippen LogP contribution >= 0.6 is 0 Å². The number of amides is 1. The van der Waals surface area contributed by atoms with Gasteiger partial charge in [-0.25, -0.2) is 0 Å². The molecule has 6 heteroatoms. The van der Waals surface area contributed by atoms with Crippen molar-refractivity contribution in [2.24, 2.45) is 10.8 Å². The van der Waals surface area contributed by atoms with Gasteiger partial charge in [-0.3, -0.25) is 9.69 Å². The number of nitrogens with one attached hydrogen (secondary N) is 1. The molecule has 6 rings (SSSR count). The third kappa shape index (κ3) is 7.04. The Balaban J connectivity index is 1.21. The van der Waals surface area contributed by atoms with Gasteiger partial charge in [-0.15, -0.1) is 0 Å². The smallest absolute Gasteiger partial charge is 0.217 e. The van der Waals surface area contributed by atoms with Crippen molar-refractivity contribution in [1.82, 2.24) is 10.2 Å². The zero-order chi connectivity index (χ0) is 30.2. The minimum absolute atomic E-state index is 0.0333. The maximum absolute atomic E-state index is 11.4. The van der Waals surface area contributed by atoms with Gasteiger partial charge in [-0.2, -0.15) is 0 Å². The van der Waals surface area contributed by atoms with Crippen LogP contribution in [0.4, 0.5) is 0 Å². The van der Waals surface area contributed by atoms with E-state index in [-0.39, 0.29) is 24.7 Å². The molecule has 228 valence electrons. The van der Waals surface area contributed by atoms with Crippen molar-refractivity contribution in [2.45, 2.75) is 91.1 Å². The van der Waals surface area contributed by atoms with Gasteiger partial charge in [0.2, 0.25) is 5.91 Å². The number of likely N-dealkylation sites (tertiary alicyclic amines) is 1. The molecule has 1 aliphatic carbocycles. The highest BCUT2D eigenvalue weighted by Gasteiger charge is 2.50. The number of carbonyl (C=O) groups is 1. The van der Waals surface area contributed by atoms with Gasteiger partial charge in [0.1, 0.15) is 0 Å². The van der Waals surface area contributed by atoms with E-state index in [1.807, 2.05) is 24.3 Å². The maximum Gasteiger partial charge on any atom is 0.217 e. The fourth-order valence-electron chi connectivity index (χ4n) is 8.00. The molecule has 2 saturated heterocycles. The Bertz CT molecular complexity index is 1420. The van der Waals surface area contributed by atoms with E-state index in [9.17, 15) is 9.90 Å². The number of hydrogen-bond acceptors (Lipinski definition) is 5. The molecule has 5 atom stereocenters. The third-order valence-electron chi connectivity index (χ3n) is 9.56. The lowest BCUT2D eigenvalue weighted by Gasteiger charge is -2.41. The summed E-state index contributed by atoms with van der Waals surface area (Å²) in [6, 6.07) is 25.5. The number of benzene rings is 3. The highest BCUT2D eigenvalue weighted by Crippen LogP contribution is 2.53. The molecule has 2 N–H and O–H groups in total. The van der Waals surface area contributed by atoms with E-state index in [4.69, 9.17) is 9.47 Å². The number of aliphatic hydroxyl groups is 1. The first-order chi connectivity index (χ1) is 20.6. The number of ether oxygens (including phenoxy) is 2. The van der Waals surface area contributed by atoms with E-state index >= 15 is 0 Å². The SMILES string of the molecule is CC(=O)NCc1cccc(-c2ccc([C@H]3O[C@@H](CN4CC5(C)CC4CC(C)(C)C5)C[C@@H](c4ccc(CO)cc4)O3)cc2)c1. The Kier molecular flexibility index (Phi) is 8.49. The molecule has 0 spiro atoms. The van der Waals surface area contributed by atoms with Crippen LogP contribution in [0.25, 0.3) is 11.1 Å². The van der Waals surface area contributed by atoms with Gasteiger partial charge < -0.3 is 19.9 Å². The highest BCUT2D eigenvalue weighted by molar-refractivity contribution is 5.73. The zero-order valence-electron chi connectivity index (χ0n) is 26.0. The van der Waals surface area contributed by atoms with Gasteiger partial charge in [-0.1, -0.05) is 87.5 Å². The summed E-state index contributed by atoms with van der Waals surface area (Å²) in [7, 11) is 0. The van der Waals surface area contributed by atoms with Gasteiger partial charge in [0, 0.05) is 44.6 Å². The molecule has 3 aromatic carbocycles. The number of hydrogen-bond donors (Lipinski definition) is 2. The van der Waals surface area contributed by atoms with Crippen LogP contribution in [0.1, 0.15) is 88.0 Å². The molecule has 3 aliphatic rings. The summed E-state index contributed by atoms with van der Waals surface area (Å²) < 4.78 is 13.4. The molecular formula is C37H46N2O4. The van der Waals surface area contributed by atoms with Gasteiger partial charge in [0.15, 0.2) is 6.29 Å². The molecule has 0 radical (unpaired) electrons. The van der Waals surface area contributed by atoms with Crippen LogP contribution in [-0.2, 0) is 27.4 Å². The Labute approximate surface area is 256 Å². The molecule has 1 saturated carbocycles. The van der Waals surface area contributed by atoms with Gasteiger partial charge in [0.25, 0.3) is 0 Å². The summed E-state index contributed by atoms with van der Waals surface area (Å²) in [5.41, 5.74) is 7.08. The second-order valence-electron chi connectivity index (χ2n) is 14.2. The number of aliphatic hydroxyl groups excluding tert-OH is 1. The monoisotopic (exact) mass is 582 g/mol. The average molecular weight is 583 g/mol. The first-order valence-electron chi connectivity index (χ1n) is 15.8. The number of fused-ring (bicyclic) bond motifs is 2. The summed E-state index contributed by atoms with van der Waals surface area (Å²) in [6.45, 7) is 11.5. The molecule has 2 bridgehead atoms. The van der Waals surface area contributed by atoms with Crippen LogP contribution < -0.4 is 5.32 Å². The van der Waals surface area contributed by atoms with Crippen molar-refractivity contribution < 1.29 is 19.4 Å². The van der Waals surface area contributed by atoms with Crippen molar-refractivity contribution in [3.8, 4) is 11.1 Å². The molecule has 2 unspecified atom stereocenters. The first kappa shape index (κ1) is 30.0. The first-order valence-corrected chi connectivity index (χ1v) is 15.8. The van der Waals surface area contributed by atoms with Crippen LogP contribution in [0.3, 0.4) is 0 Å². The largest absolute Gasteiger partial charge is 0.392 e. The normalized spacial score (nSPS) is 28.5. The Hall–Kier alpha value is -3.03. The number of rotatable bonds is 8. The van der Waals surface area contributed by atoms with E-state index in [1.54, 1.807) is 0 Å². The average Bonchev–Trinajstić information content (AvgIpc) is 3.23. The Morgan fingerprint density at radius 1 is 0.930 bits per heavy atom. The second kappa shape index (κ2) is 12.2.